The minimum absolute atomic E-state index is 0.411. The summed E-state index contributed by atoms with van der Waals surface area (Å²) in [5, 5.41) is 3.65. The Morgan fingerprint density at radius 3 is 3.07 bits per heavy atom. The van der Waals surface area contributed by atoms with Gasteiger partial charge in [-0.3, -0.25) is 4.79 Å². The molecule has 4 heteroatoms. The van der Waals surface area contributed by atoms with Gasteiger partial charge in [0.05, 0.1) is 6.21 Å². The van der Waals surface area contributed by atoms with Gasteiger partial charge in [0.15, 0.2) is 5.75 Å². The van der Waals surface area contributed by atoms with E-state index in [9.17, 15) is 4.79 Å². The molecule has 1 aliphatic heterocycles. The molecule has 1 aromatic carbocycles. The molecule has 0 unspecified atom stereocenters. The Labute approximate surface area is 80.7 Å². The number of hydrogen-bond acceptors (Lipinski definition) is 3. The molecule has 14 heavy (non-hydrogen) atoms. The van der Waals surface area contributed by atoms with Crippen molar-refractivity contribution in [3.05, 3.63) is 35.4 Å². The number of allylic oxidation sites excluding steroid dienone is 1. The number of nitrogens with two attached hydrogens (primary N) is 1. The van der Waals surface area contributed by atoms with E-state index in [1.165, 1.54) is 6.21 Å². The molecule has 4 nitrogen and oxygen atoms in total. The highest BCUT2D eigenvalue weighted by molar-refractivity contribution is 5.94. The Balaban J connectivity index is 2.49. The first-order valence-corrected chi connectivity index (χ1v) is 4.08. The number of benzene rings is 1. The number of hydrogen-bond donors (Lipinski definition) is 1. The molecule has 0 spiro atoms. The second-order valence-corrected chi connectivity index (χ2v) is 2.82. The number of rotatable bonds is 1. The first kappa shape index (κ1) is 8.50. The van der Waals surface area contributed by atoms with E-state index in [2.05, 4.69) is 5.16 Å². The average Bonchev–Trinajstić information content (AvgIpc) is 2.41. The summed E-state index contributed by atoms with van der Waals surface area (Å²) in [5.41, 5.74) is 6.41. The summed E-state index contributed by atoms with van der Waals surface area (Å²) in [6.07, 6.45) is 5.14. The van der Waals surface area contributed by atoms with E-state index in [1.54, 1.807) is 24.3 Å². The van der Waals surface area contributed by atoms with Crippen molar-refractivity contribution in [2.45, 2.75) is 0 Å². The SMILES string of the molecule is NC(=O)c1ccc2c(c1)ON=CC=C2. The van der Waals surface area contributed by atoms with Crippen molar-refractivity contribution < 1.29 is 9.63 Å². The normalized spacial score (nSPS) is 12.9. The fourth-order valence-electron chi connectivity index (χ4n) is 1.17. The smallest absolute Gasteiger partial charge is 0.248 e. The Hall–Kier alpha value is -2.10. The Morgan fingerprint density at radius 2 is 2.29 bits per heavy atom. The molecule has 0 radical (unpaired) electrons. The fraction of sp³-hybridized carbons (Fsp3) is 0. The monoisotopic (exact) mass is 188 g/mol. The molecular weight excluding hydrogens is 180 g/mol. The lowest BCUT2D eigenvalue weighted by molar-refractivity contribution is 0.1000. The van der Waals surface area contributed by atoms with Crippen LogP contribution < -0.4 is 10.6 Å². The Kier molecular flexibility index (Phi) is 2.02. The number of nitrogens with zero attached hydrogens (tertiary/aromatic N) is 1. The quantitative estimate of drug-likeness (QED) is 0.719. The van der Waals surface area contributed by atoms with E-state index in [0.29, 0.717) is 11.3 Å². The van der Waals surface area contributed by atoms with Crippen LogP contribution in [0.25, 0.3) is 6.08 Å². The van der Waals surface area contributed by atoms with Gasteiger partial charge in [0, 0.05) is 11.1 Å². The summed E-state index contributed by atoms with van der Waals surface area (Å²) in [4.78, 5) is 15.9. The molecule has 70 valence electrons. The van der Waals surface area contributed by atoms with E-state index in [1.807, 2.05) is 6.08 Å². The lowest BCUT2D eigenvalue weighted by Gasteiger charge is -2.03. The molecule has 0 fully saturated rings. The average molecular weight is 188 g/mol. The van der Waals surface area contributed by atoms with Crippen molar-refractivity contribution in [2.24, 2.45) is 10.9 Å². The van der Waals surface area contributed by atoms with Crippen molar-refractivity contribution in [3.63, 3.8) is 0 Å². The maximum atomic E-state index is 10.9. The molecule has 1 aliphatic rings. The molecule has 1 amide bonds. The molecule has 0 saturated heterocycles. The third kappa shape index (κ3) is 1.50. The summed E-state index contributed by atoms with van der Waals surface area (Å²) >= 11 is 0. The minimum atomic E-state index is -0.478. The predicted octanol–water partition coefficient (Wildman–Crippen LogP) is 1.18. The van der Waals surface area contributed by atoms with Gasteiger partial charge in [-0.1, -0.05) is 11.2 Å². The second-order valence-electron chi connectivity index (χ2n) is 2.82. The number of carbonyl (C=O) groups is 1. The first-order valence-electron chi connectivity index (χ1n) is 4.08. The van der Waals surface area contributed by atoms with Crippen LogP contribution in [0, 0.1) is 0 Å². The maximum Gasteiger partial charge on any atom is 0.248 e. The second kappa shape index (κ2) is 3.33. The summed E-state index contributed by atoms with van der Waals surface area (Å²) in [7, 11) is 0. The topological polar surface area (TPSA) is 64.7 Å². The molecule has 1 heterocycles. The molecule has 0 aliphatic carbocycles. The standard InChI is InChI=1S/C10H8N2O2/c11-10(13)8-4-3-7-2-1-5-12-14-9(7)6-8/h1-6H,(H2,11,13). The zero-order valence-electron chi connectivity index (χ0n) is 7.31. The highest BCUT2D eigenvalue weighted by Crippen LogP contribution is 2.23. The van der Waals surface area contributed by atoms with Gasteiger partial charge >= 0.3 is 0 Å². The van der Waals surface area contributed by atoms with E-state index < -0.39 is 5.91 Å². The molecular formula is C10H8N2O2. The van der Waals surface area contributed by atoms with Crippen LogP contribution >= 0.6 is 0 Å². The van der Waals surface area contributed by atoms with Crippen molar-refractivity contribution in [1.82, 2.24) is 0 Å². The largest absolute Gasteiger partial charge is 0.366 e. The van der Waals surface area contributed by atoms with Crippen LogP contribution in [-0.2, 0) is 0 Å². The van der Waals surface area contributed by atoms with Crippen molar-refractivity contribution in [1.29, 1.82) is 0 Å². The summed E-state index contributed by atoms with van der Waals surface area (Å²) in [6, 6.07) is 4.99. The first-order chi connectivity index (χ1) is 6.77. The zero-order chi connectivity index (χ0) is 9.97. The van der Waals surface area contributed by atoms with E-state index in [0.717, 1.165) is 5.56 Å². The van der Waals surface area contributed by atoms with Gasteiger partial charge < -0.3 is 10.6 Å². The van der Waals surface area contributed by atoms with Crippen LogP contribution in [0.15, 0.2) is 29.4 Å². The Morgan fingerprint density at radius 1 is 1.43 bits per heavy atom. The minimum Gasteiger partial charge on any atom is -0.366 e. The van der Waals surface area contributed by atoms with Gasteiger partial charge in [-0.05, 0) is 24.3 Å². The van der Waals surface area contributed by atoms with Gasteiger partial charge in [-0.25, -0.2) is 0 Å². The van der Waals surface area contributed by atoms with Gasteiger partial charge in [0.25, 0.3) is 0 Å². The Bertz CT molecular complexity index is 436. The van der Waals surface area contributed by atoms with E-state index >= 15 is 0 Å². The summed E-state index contributed by atoms with van der Waals surface area (Å²) in [6.45, 7) is 0. The lowest BCUT2D eigenvalue weighted by Crippen LogP contribution is -2.10. The molecule has 0 saturated carbocycles. The molecule has 1 aromatic rings. The highest BCUT2D eigenvalue weighted by Gasteiger charge is 2.07. The van der Waals surface area contributed by atoms with Gasteiger partial charge in [-0.2, -0.15) is 0 Å². The van der Waals surface area contributed by atoms with Gasteiger partial charge in [0.2, 0.25) is 5.91 Å². The molecule has 0 atom stereocenters. The molecule has 2 rings (SSSR count). The third-order valence-corrected chi connectivity index (χ3v) is 1.87. The van der Waals surface area contributed by atoms with Crippen LogP contribution in [0.1, 0.15) is 15.9 Å². The number of primary amides is 1. The van der Waals surface area contributed by atoms with Crippen molar-refractivity contribution in [3.8, 4) is 5.75 Å². The predicted molar refractivity (Wildman–Crippen MR) is 53.1 cm³/mol. The van der Waals surface area contributed by atoms with Crippen molar-refractivity contribution >= 4 is 18.2 Å². The number of oxime groups is 1. The van der Waals surface area contributed by atoms with Gasteiger partial charge in [-0.15, -0.1) is 0 Å². The molecule has 2 N–H and O–H groups in total. The van der Waals surface area contributed by atoms with Crippen LogP contribution in [0.2, 0.25) is 0 Å². The molecule has 0 bridgehead atoms. The lowest BCUT2D eigenvalue weighted by atomic mass is 10.1. The van der Waals surface area contributed by atoms with Crippen LogP contribution in [0.5, 0.6) is 5.75 Å². The number of amides is 1. The molecule has 0 aromatic heterocycles. The van der Waals surface area contributed by atoms with Crippen LogP contribution in [0.4, 0.5) is 0 Å². The zero-order valence-corrected chi connectivity index (χ0v) is 7.31. The summed E-state index contributed by atoms with van der Waals surface area (Å²) < 4.78 is 0. The van der Waals surface area contributed by atoms with Crippen molar-refractivity contribution in [2.75, 3.05) is 0 Å². The summed E-state index contributed by atoms with van der Waals surface area (Å²) in [5.74, 6) is 0.0555. The maximum absolute atomic E-state index is 10.9. The van der Waals surface area contributed by atoms with E-state index in [4.69, 9.17) is 10.6 Å². The third-order valence-electron chi connectivity index (χ3n) is 1.87. The van der Waals surface area contributed by atoms with Crippen LogP contribution in [0.3, 0.4) is 0 Å². The van der Waals surface area contributed by atoms with Gasteiger partial charge in [0.1, 0.15) is 0 Å². The number of carbonyl (C=O) groups excluding carboxylic acids is 1. The van der Waals surface area contributed by atoms with E-state index in [-0.39, 0.29) is 0 Å². The number of fused-ring (bicyclic) bond motifs is 1. The highest BCUT2D eigenvalue weighted by atomic mass is 16.6. The van der Waals surface area contributed by atoms with Crippen LogP contribution in [-0.4, -0.2) is 12.1 Å². The fourth-order valence-corrected chi connectivity index (χ4v) is 1.17.